The topological polar surface area (TPSA) is 40.6 Å². The molecule has 0 aliphatic heterocycles. The van der Waals surface area contributed by atoms with E-state index in [0.717, 1.165) is 60.9 Å². The lowest BCUT2D eigenvalue weighted by molar-refractivity contribution is 1.01. The summed E-state index contributed by atoms with van der Waals surface area (Å²) in [7, 11) is 0. The maximum absolute atomic E-state index is 5.38. The first-order valence-electron chi connectivity index (χ1n) is 21.4. The van der Waals surface area contributed by atoms with Gasteiger partial charge in [-0.15, -0.1) is 0 Å². The van der Waals surface area contributed by atoms with Crippen molar-refractivity contribution in [3.63, 3.8) is 0 Å². The highest BCUT2D eigenvalue weighted by Crippen LogP contribution is 2.41. The molecule has 63 heavy (non-hydrogen) atoms. The van der Waals surface area contributed by atoms with Crippen LogP contribution in [0.4, 0.5) is 0 Å². The lowest BCUT2D eigenvalue weighted by Gasteiger charge is -2.12. The Balaban J connectivity index is 0.972. The molecule has 0 aliphatic rings. The maximum atomic E-state index is 5.38. The molecular formula is C58H37N5. The van der Waals surface area contributed by atoms with E-state index in [1.54, 1.807) is 0 Å². The quantitative estimate of drug-likeness (QED) is 0.168. The number of benzene rings is 9. The van der Waals surface area contributed by atoms with Crippen LogP contribution >= 0.6 is 0 Å². The molecule has 0 fully saturated rings. The second-order valence-corrected chi connectivity index (χ2v) is 16.2. The number of para-hydroxylation sites is 4. The van der Waals surface area contributed by atoms with Crippen molar-refractivity contribution in [1.82, 2.24) is 23.7 Å². The normalized spacial score (nSPS) is 11.8. The van der Waals surface area contributed by atoms with E-state index in [1.165, 1.54) is 49.4 Å². The summed E-state index contributed by atoms with van der Waals surface area (Å²) in [5.74, 6) is 0.650. The van der Waals surface area contributed by atoms with E-state index in [4.69, 9.17) is 9.97 Å². The predicted molar refractivity (Wildman–Crippen MR) is 261 cm³/mol. The van der Waals surface area contributed by atoms with E-state index in [-0.39, 0.29) is 0 Å². The molecule has 4 aromatic heterocycles. The first kappa shape index (κ1) is 35.2. The summed E-state index contributed by atoms with van der Waals surface area (Å²) >= 11 is 0. The maximum Gasteiger partial charge on any atom is 0.235 e. The summed E-state index contributed by atoms with van der Waals surface area (Å²) in [6.07, 6.45) is 2.19. The average molecular weight is 804 g/mol. The van der Waals surface area contributed by atoms with Crippen molar-refractivity contribution in [1.29, 1.82) is 0 Å². The third-order valence-corrected chi connectivity index (χ3v) is 12.7. The summed E-state index contributed by atoms with van der Waals surface area (Å²) < 4.78 is 6.94. The van der Waals surface area contributed by atoms with Crippen molar-refractivity contribution in [2.24, 2.45) is 0 Å². The Morgan fingerprint density at radius 1 is 0.302 bits per heavy atom. The van der Waals surface area contributed by atoms with Crippen LogP contribution in [0.3, 0.4) is 0 Å². The highest BCUT2D eigenvalue weighted by molar-refractivity contribution is 6.19. The Hall–Kier alpha value is -8.54. The van der Waals surface area contributed by atoms with Crippen LogP contribution in [0.5, 0.6) is 0 Å². The molecule has 0 aliphatic carbocycles. The van der Waals surface area contributed by atoms with E-state index in [9.17, 15) is 0 Å². The molecule has 0 N–H and O–H groups in total. The lowest BCUT2D eigenvalue weighted by atomic mass is 10.0. The highest BCUT2D eigenvalue weighted by Gasteiger charge is 2.20. The Kier molecular flexibility index (Phi) is 7.84. The van der Waals surface area contributed by atoms with Crippen molar-refractivity contribution >= 4 is 65.4 Å². The molecule has 4 heterocycles. The zero-order chi connectivity index (χ0) is 41.4. The first-order valence-corrected chi connectivity index (χ1v) is 21.4. The van der Waals surface area contributed by atoms with Gasteiger partial charge in [-0.1, -0.05) is 146 Å². The van der Waals surface area contributed by atoms with Gasteiger partial charge in [0.15, 0.2) is 0 Å². The van der Waals surface area contributed by atoms with Gasteiger partial charge < -0.3 is 9.13 Å². The van der Waals surface area contributed by atoms with Gasteiger partial charge >= 0.3 is 0 Å². The van der Waals surface area contributed by atoms with Crippen molar-refractivity contribution in [2.75, 3.05) is 0 Å². The second kappa shape index (κ2) is 14.0. The van der Waals surface area contributed by atoms with Gasteiger partial charge in [0.2, 0.25) is 5.95 Å². The molecule has 13 aromatic rings. The number of aromatic nitrogens is 5. The third-order valence-electron chi connectivity index (χ3n) is 12.7. The van der Waals surface area contributed by atoms with Crippen LogP contribution in [-0.4, -0.2) is 23.7 Å². The minimum atomic E-state index is 0.650. The largest absolute Gasteiger partial charge is 0.316 e. The molecule has 0 saturated carbocycles. The zero-order valence-corrected chi connectivity index (χ0v) is 34.1. The van der Waals surface area contributed by atoms with Crippen LogP contribution in [0, 0.1) is 0 Å². The Bertz CT molecular complexity index is 3880. The number of hydrogen-bond donors (Lipinski definition) is 0. The molecule has 294 valence electrons. The van der Waals surface area contributed by atoms with Crippen LogP contribution in [0.1, 0.15) is 0 Å². The Morgan fingerprint density at radius 2 is 0.841 bits per heavy atom. The highest BCUT2D eigenvalue weighted by atomic mass is 15.2. The Morgan fingerprint density at radius 3 is 1.59 bits per heavy atom. The van der Waals surface area contributed by atoms with Gasteiger partial charge in [-0.2, -0.15) is 0 Å². The molecule has 13 rings (SSSR count). The average Bonchev–Trinajstić information content (AvgIpc) is 4.04. The second-order valence-electron chi connectivity index (χ2n) is 16.2. The molecule has 0 bridgehead atoms. The standard InChI is InChI=1S/C58H37N5/c1-4-14-38(15-5-1)39-24-26-40(27-25-39)56-47-21-10-12-22-51(47)59-58(60-56)63-53-23-13-11-20-45(53)49-36-41(29-32-55(49)63)42-28-31-54-50(37-42)46-30-33-52-48(34-35-61(52)43-16-6-2-7-17-43)57(46)62(54)44-18-8-3-9-19-44/h1-37H. The minimum Gasteiger partial charge on any atom is -0.316 e. The van der Waals surface area contributed by atoms with E-state index in [0.29, 0.717) is 5.95 Å². The Labute approximate surface area is 363 Å². The van der Waals surface area contributed by atoms with Gasteiger partial charge in [0, 0.05) is 55.5 Å². The summed E-state index contributed by atoms with van der Waals surface area (Å²) in [4.78, 5) is 10.6. The smallest absolute Gasteiger partial charge is 0.235 e. The molecule has 5 heteroatoms. The fraction of sp³-hybridized carbons (Fsp3) is 0. The van der Waals surface area contributed by atoms with E-state index in [1.807, 2.05) is 0 Å². The molecular weight excluding hydrogens is 767 g/mol. The van der Waals surface area contributed by atoms with Gasteiger partial charge in [0.1, 0.15) is 0 Å². The van der Waals surface area contributed by atoms with Crippen molar-refractivity contribution < 1.29 is 0 Å². The fourth-order valence-electron chi connectivity index (χ4n) is 9.77. The van der Waals surface area contributed by atoms with E-state index in [2.05, 4.69) is 238 Å². The van der Waals surface area contributed by atoms with Crippen LogP contribution in [0.25, 0.3) is 116 Å². The SMILES string of the molecule is c1ccc(-c2ccc(-c3nc(-n4c5ccccc5c5cc(-c6ccc7c(c6)c6ccc8c(ccn8-c8ccccc8)c6n7-c6ccccc6)ccc54)nc4ccccc34)cc2)cc1. The van der Waals surface area contributed by atoms with Crippen LogP contribution in [0.15, 0.2) is 225 Å². The van der Waals surface area contributed by atoms with Gasteiger partial charge in [-0.05, 0) is 95.1 Å². The molecule has 0 radical (unpaired) electrons. The third kappa shape index (κ3) is 5.57. The number of hydrogen-bond acceptors (Lipinski definition) is 2. The molecule has 0 amide bonds. The fourth-order valence-corrected chi connectivity index (χ4v) is 9.77. The molecule has 0 saturated heterocycles. The molecule has 0 unspecified atom stereocenters. The van der Waals surface area contributed by atoms with Crippen molar-refractivity contribution in [3.05, 3.63) is 225 Å². The van der Waals surface area contributed by atoms with E-state index < -0.39 is 0 Å². The monoisotopic (exact) mass is 803 g/mol. The van der Waals surface area contributed by atoms with Gasteiger partial charge in [0.25, 0.3) is 0 Å². The number of nitrogens with zero attached hydrogens (tertiary/aromatic N) is 5. The lowest BCUT2D eigenvalue weighted by Crippen LogP contribution is -2.03. The number of rotatable bonds is 6. The zero-order valence-electron chi connectivity index (χ0n) is 34.1. The van der Waals surface area contributed by atoms with Gasteiger partial charge in [0.05, 0.1) is 38.8 Å². The first-order chi connectivity index (χ1) is 31.2. The molecule has 0 spiro atoms. The summed E-state index contributed by atoms with van der Waals surface area (Å²) in [6.45, 7) is 0. The van der Waals surface area contributed by atoms with Gasteiger partial charge in [-0.25, -0.2) is 9.97 Å². The summed E-state index contributed by atoms with van der Waals surface area (Å²) in [5, 5.41) is 7.00. The van der Waals surface area contributed by atoms with Crippen molar-refractivity contribution in [3.8, 4) is 50.8 Å². The van der Waals surface area contributed by atoms with Gasteiger partial charge in [-0.3, -0.25) is 4.57 Å². The predicted octanol–water partition coefficient (Wildman–Crippen LogP) is 14.8. The van der Waals surface area contributed by atoms with Crippen LogP contribution < -0.4 is 0 Å². The van der Waals surface area contributed by atoms with Crippen molar-refractivity contribution in [2.45, 2.75) is 0 Å². The molecule has 5 nitrogen and oxygen atoms in total. The minimum absolute atomic E-state index is 0.650. The number of fused-ring (bicyclic) bond motifs is 9. The molecule has 0 atom stereocenters. The summed E-state index contributed by atoms with van der Waals surface area (Å²) in [5.41, 5.74) is 15.5. The molecule has 9 aromatic carbocycles. The van der Waals surface area contributed by atoms with E-state index >= 15 is 0 Å². The van der Waals surface area contributed by atoms with Crippen LogP contribution in [0.2, 0.25) is 0 Å². The summed E-state index contributed by atoms with van der Waals surface area (Å²) in [6, 6.07) is 78.1. The van der Waals surface area contributed by atoms with Crippen LogP contribution in [-0.2, 0) is 0 Å².